The Morgan fingerprint density at radius 2 is 1.90 bits per heavy atom. The van der Waals surface area contributed by atoms with Crippen molar-refractivity contribution in [3.8, 4) is 5.75 Å². The number of halogens is 1. The molecule has 1 saturated heterocycles. The Hall–Kier alpha value is -3.39. The number of carbonyl (C=O) groups excluding carboxylic acids is 2. The van der Waals surface area contributed by atoms with Crippen molar-refractivity contribution in [3.63, 3.8) is 0 Å². The van der Waals surface area contributed by atoms with Crippen LogP contribution in [0.4, 0.5) is 11.7 Å². The number of amides is 2. The highest BCUT2D eigenvalue weighted by Gasteiger charge is 2.35. The van der Waals surface area contributed by atoms with Gasteiger partial charge >= 0.3 is 6.01 Å². The summed E-state index contributed by atoms with van der Waals surface area (Å²) in [6.45, 7) is 0.411. The predicted molar refractivity (Wildman–Crippen MR) is 106 cm³/mol. The van der Waals surface area contributed by atoms with Crippen LogP contribution in [0.1, 0.15) is 28.6 Å². The van der Waals surface area contributed by atoms with Gasteiger partial charge in [-0.25, -0.2) is 0 Å². The third kappa shape index (κ3) is 4.07. The Bertz CT molecular complexity index is 1030. The van der Waals surface area contributed by atoms with Gasteiger partial charge in [0.1, 0.15) is 5.75 Å². The van der Waals surface area contributed by atoms with Crippen molar-refractivity contribution in [1.82, 2.24) is 10.2 Å². The van der Waals surface area contributed by atoms with Crippen LogP contribution >= 0.6 is 11.6 Å². The van der Waals surface area contributed by atoms with Gasteiger partial charge in [-0.15, -0.1) is 5.10 Å². The van der Waals surface area contributed by atoms with Crippen LogP contribution in [-0.4, -0.2) is 35.7 Å². The number of rotatable bonds is 5. The van der Waals surface area contributed by atoms with Crippen molar-refractivity contribution in [1.29, 1.82) is 0 Å². The summed E-state index contributed by atoms with van der Waals surface area (Å²) < 4.78 is 10.6. The summed E-state index contributed by atoms with van der Waals surface area (Å²) in [7, 11) is 1.55. The van der Waals surface area contributed by atoms with Crippen molar-refractivity contribution in [2.75, 3.05) is 23.9 Å². The number of ether oxygens (including phenoxy) is 1. The molecule has 0 aliphatic carbocycles. The zero-order valence-electron chi connectivity index (χ0n) is 15.5. The minimum absolute atomic E-state index is 0.0155. The van der Waals surface area contributed by atoms with Crippen molar-refractivity contribution >= 4 is 35.1 Å². The molecule has 2 aromatic carbocycles. The topological polar surface area (TPSA) is 97.6 Å². The molecular weight excluding hydrogens is 396 g/mol. The van der Waals surface area contributed by atoms with E-state index >= 15 is 0 Å². The number of nitrogens with zero attached hydrogens (tertiary/aromatic N) is 3. The molecule has 1 aliphatic rings. The van der Waals surface area contributed by atoms with E-state index in [-0.39, 0.29) is 30.2 Å². The van der Waals surface area contributed by atoms with Crippen LogP contribution in [0.3, 0.4) is 0 Å². The molecule has 9 heteroatoms. The van der Waals surface area contributed by atoms with Gasteiger partial charge in [-0.05, 0) is 48.5 Å². The van der Waals surface area contributed by atoms with Crippen molar-refractivity contribution in [2.24, 2.45) is 0 Å². The molecule has 0 saturated carbocycles. The van der Waals surface area contributed by atoms with Crippen LogP contribution in [0, 0.1) is 0 Å². The summed E-state index contributed by atoms with van der Waals surface area (Å²) >= 11 is 5.91. The first-order valence-corrected chi connectivity index (χ1v) is 9.26. The predicted octanol–water partition coefficient (Wildman–Crippen LogP) is 3.50. The molecule has 1 aromatic heterocycles. The quantitative estimate of drug-likeness (QED) is 0.688. The molecule has 2 amide bonds. The van der Waals surface area contributed by atoms with Crippen molar-refractivity contribution in [2.45, 2.75) is 12.3 Å². The maximum Gasteiger partial charge on any atom is 0.322 e. The molecule has 1 atom stereocenters. The Morgan fingerprint density at radius 1 is 1.17 bits per heavy atom. The fourth-order valence-corrected chi connectivity index (χ4v) is 3.23. The number of anilines is 2. The Kier molecular flexibility index (Phi) is 5.18. The molecule has 29 heavy (non-hydrogen) atoms. The highest BCUT2D eigenvalue weighted by Crippen LogP contribution is 2.32. The molecule has 2 heterocycles. The van der Waals surface area contributed by atoms with Crippen LogP contribution in [-0.2, 0) is 4.79 Å². The van der Waals surface area contributed by atoms with Gasteiger partial charge < -0.3 is 14.1 Å². The van der Waals surface area contributed by atoms with Crippen molar-refractivity contribution < 1.29 is 18.7 Å². The molecule has 1 fully saturated rings. The average Bonchev–Trinajstić information content (AvgIpc) is 3.35. The molecule has 0 bridgehead atoms. The van der Waals surface area contributed by atoms with Crippen LogP contribution in [0.25, 0.3) is 0 Å². The lowest BCUT2D eigenvalue weighted by molar-refractivity contribution is -0.117. The van der Waals surface area contributed by atoms with E-state index in [4.69, 9.17) is 20.8 Å². The second-order valence-electron chi connectivity index (χ2n) is 6.51. The number of nitrogens with one attached hydrogen (secondary N) is 1. The summed E-state index contributed by atoms with van der Waals surface area (Å²) in [6.07, 6.45) is 0.247. The van der Waals surface area contributed by atoms with Crippen molar-refractivity contribution in [3.05, 3.63) is 65.0 Å². The first kappa shape index (κ1) is 18.9. The normalized spacial score (nSPS) is 16.1. The molecule has 1 aliphatic heterocycles. The van der Waals surface area contributed by atoms with E-state index in [0.717, 1.165) is 5.69 Å². The Morgan fingerprint density at radius 3 is 2.59 bits per heavy atom. The lowest BCUT2D eigenvalue weighted by Gasteiger charge is -2.16. The summed E-state index contributed by atoms with van der Waals surface area (Å²) in [5.41, 5.74) is 1.19. The van der Waals surface area contributed by atoms with E-state index in [2.05, 4.69) is 15.5 Å². The van der Waals surface area contributed by atoms with E-state index in [9.17, 15) is 9.59 Å². The largest absolute Gasteiger partial charge is 0.497 e. The fourth-order valence-electron chi connectivity index (χ4n) is 3.11. The van der Waals surface area contributed by atoms with Gasteiger partial charge in [0, 0.05) is 29.2 Å². The Labute approximate surface area is 171 Å². The fraction of sp³-hybridized carbons (Fsp3) is 0.200. The molecule has 3 aromatic rings. The number of methoxy groups -OCH3 is 1. The number of benzene rings is 2. The monoisotopic (exact) mass is 412 g/mol. The highest BCUT2D eigenvalue weighted by atomic mass is 35.5. The first-order chi connectivity index (χ1) is 14.0. The van der Waals surface area contributed by atoms with Crippen LogP contribution < -0.4 is 15.0 Å². The van der Waals surface area contributed by atoms with E-state index in [1.54, 1.807) is 60.5 Å². The molecule has 0 spiro atoms. The summed E-state index contributed by atoms with van der Waals surface area (Å²) in [5.74, 6) is 0.280. The lowest BCUT2D eigenvalue weighted by Crippen LogP contribution is -2.24. The van der Waals surface area contributed by atoms with Gasteiger partial charge in [-0.3, -0.25) is 14.9 Å². The second kappa shape index (κ2) is 7.92. The second-order valence-corrected chi connectivity index (χ2v) is 6.95. The van der Waals surface area contributed by atoms with E-state index in [1.807, 2.05) is 0 Å². The summed E-state index contributed by atoms with van der Waals surface area (Å²) in [5, 5.41) is 11.0. The number of hydrogen-bond acceptors (Lipinski definition) is 6. The average molecular weight is 413 g/mol. The van der Waals surface area contributed by atoms with Gasteiger partial charge in [-0.2, -0.15) is 0 Å². The first-order valence-electron chi connectivity index (χ1n) is 8.88. The number of aromatic nitrogens is 2. The van der Waals surface area contributed by atoms with Gasteiger partial charge in [0.2, 0.25) is 11.8 Å². The van der Waals surface area contributed by atoms with E-state index in [0.29, 0.717) is 28.8 Å². The van der Waals surface area contributed by atoms with Gasteiger partial charge in [0.15, 0.2) is 0 Å². The smallest absolute Gasteiger partial charge is 0.322 e. The lowest BCUT2D eigenvalue weighted by atomic mass is 10.1. The highest BCUT2D eigenvalue weighted by molar-refractivity contribution is 6.30. The van der Waals surface area contributed by atoms with Crippen LogP contribution in [0.5, 0.6) is 5.75 Å². The molecular formula is C20H17ClN4O4. The number of hydrogen-bond donors (Lipinski definition) is 1. The van der Waals surface area contributed by atoms with Gasteiger partial charge in [0.05, 0.1) is 13.0 Å². The summed E-state index contributed by atoms with van der Waals surface area (Å²) in [6, 6.07) is 13.7. The third-order valence-electron chi connectivity index (χ3n) is 4.63. The van der Waals surface area contributed by atoms with Gasteiger partial charge in [-0.1, -0.05) is 16.7 Å². The third-order valence-corrected chi connectivity index (χ3v) is 4.88. The van der Waals surface area contributed by atoms with Crippen LogP contribution in [0.15, 0.2) is 52.9 Å². The Balaban J connectivity index is 1.42. The maximum absolute atomic E-state index is 12.4. The standard InChI is InChI=1S/C20H17ClN4O4/c1-28-16-8-2-12(3-9-16)18(27)22-20-24-23-19(29-20)13-10-17(26)25(11-13)15-6-4-14(21)5-7-15/h2-9,13H,10-11H2,1H3,(H,22,24,27). The number of carbonyl (C=O) groups is 2. The SMILES string of the molecule is COc1ccc(C(=O)Nc2nnc(C3CC(=O)N(c4ccc(Cl)cc4)C3)o2)cc1. The molecule has 0 radical (unpaired) electrons. The molecule has 4 rings (SSSR count). The van der Waals surface area contributed by atoms with E-state index < -0.39 is 0 Å². The summed E-state index contributed by atoms with van der Waals surface area (Å²) in [4.78, 5) is 26.3. The van der Waals surface area contributed by atoms with Crippen LogP contribution in [0.2, 0.25) is 5.02 Å². The molecule has 1 unspecified atom stereocenters. The van der Waals surface area contributed by atoms with Gasteiger partial charge in [0.25, 0.3) is 5.91 Å². The molecule has 1 N–H and O–H groups in total. The zero-order chi connectivity index (χ0) is 20.4. The molecule has 148 valence electrons. The zero-order valence-corrected chi connectivity index (χ0v) is 16.2. The minimum Gasteiger partial charge on any atom is -0.497 e. The van der Waals surface area contributed by atoms with E-state index in [1.165, 1.54) is 0 Å². The minimum atomic E-state index is -0.381. The maximum atomic E-state index is 12.4. The molecule has 8 nitrogen and oxygen atoms in total.